The van der Waals surface area contributed by atoms with Crippen molar-refractivity contribution in [3.05, 3.63) is 17.6 Å². The van der Waals surface area contributed by atoms with Crippen LogP contribution in [0.1, 0.15) is 59.0 Å². The van der Waals surface area contributed by atoms with Crippen molar-refractivity contribution in [2.75, 3.05) is 30.9 Å². The van der Waals surface area contributed by atoms with Crippen LogP contribution in [0.15, 0.2) is 6.07 Å². The number of methoxy groups -OCH3 is 1. The summed E-state index contributed by atoms with van der Waals surface area (Å²) < 4.78 is 17.7. The molecule has 1 aliphatic heterocycles. The second kappa shape index (κ2) is 7.48. The average molecular weight is 354 g/mol. The normalized spacial score (nSPS) is 21.1. The first-order chi connectivity index (χ1) is 11.3. The van der Waals surface area contributed by atoms with Crippen molar-refractivity contribution in [1.29, 1.82) is 0 Å². The second-order valence-corrected chi connectivity index (χ2v) is 9.55. The third-order valence-corrected chi connectivity index (χ3v) is 7.08. The molecule has 24 heavy (non-hydrogen) atoms. The van der Waals surface area contributed by atoms with Crippen LogP contribution in [-0.2, 0) is 27.6 Å². The minimum absolute atomic E-state index is 0.121. The molecule has 1 saturated heterocycles. The molecular weight excluding hydrogens is 322 g/mol. The highest BCUT2D eigenvalue weighted by Gasteiger charge is 2.39. The first-order valence-electron chi connectivity index (χ1n) is 8.76. The van der Waals surface area contributed by atoms with Crippen LogP contribution in [0.4, 0.5) is 5.82 Å². The maximum Gasteiger partial charge on any atom is 0.136 e. The fourth-order valence-electron chi connectivity index (χ4n) is 3.10. The minimum atomic E-state index is -0.772. The number of nitrogens with zero attached hydrogens (tertiary/aromatic N) is 3. The molecular formula is C18H31N3O2S. The summed E-state index contributed by atoms with van der Waals surface area (Å²) in [5, 5.41) is 0. The van der Waals surface area contributed by atoms with E-state index in [-0.39, 0.29) is 10.2 Å². The molecule has 0 amide bonds. The number of hydrogen-bond acceptors (Lipinski definition) is 5. The smallest absolute Gasteiger partial charge is 0.136 e. The predicted octanol–water partition coefficient (Wildman–Crippen LogP) is 3.05. The Morgan fingerprint density at radius 1 is 1.29 bits per heavy atom. The van der Waals surface area contributed by atoms with Gasteiger partial charge in [-0.1, -0.05) is 34.6 Å². The third-order valence-electron chi connectivity index (χ3n) is 4.85. The molecule has 1 atom stereocenters. The predicted molar refractivity (Wildman–Crippen MR) is 100.0 cm³/mol. The lowest BCUT2D eigenvalue weighted by Gasteiger charge is -2.42. The zero-order chi connectivity index (χ0) is 18.0. The largest absolute Gasteiger partial charge is 0.378 e. The lowest BCUT2D eigenvalue weighted by Crippen LogP contribution is -2.53. The van der Waals surface area contributed by atoms with Gasteiger partial charge in [0.05, 0.1) is 17.0 Å². The average Bonchev–Trinajstić information content (AvgIpc) is 2.55. The molecule has 0 radical (unpaired) electrons. The Bertz CT molecular complexity index is 594. The van der Waals surface area contributed by atoms with Crippen LogP contribution in [0, 0.1) is 0 Å². The molecule has 1 unspecified atom stereocenters. The van der Waals surface area contributed by atoms with E-state index in [4.69, 9.17) is 9.72 Å². The van der Waals surface area contributed by atoms with Crippen molar-refractivity contribution in [2.45, 2.75) is 64.2 Å². The van der Waals surface area contributed by atoms with E-state index in [1.54, 1.807) is 7.11 Å². The van der Waals surface area contributed by atoms with Gasteiger partial charge in [-0.15, -0.1) is 0 Å². The quantitative estimate of drug-likeness (QED) is 0.814. The first-order valence-corrected chi connectivity index (χ1v) is 10.1. The third kappa shape index (κ3) is 3.97. The molecule has 1 aromatic heterocycles. The van der Waals surface area contributed by atoms with E-state index in [0.717, 1.165) is 43.3 Å². The van der Waals surface area contributed by atoms with Gasteiger partial charge in [0.25, 0.3) is 0 Å². The molecule has 0 bridgehead atoms. The van der Waals surface area contributed by atoms with Gasteiger partial charge >= 0.3 is 0 Å². The molecule has 0 saturated carbocycles. The molecule has 1 fully saturated rings. The molecule has 1 aliphatic rings. The van der Waals surface area contributed by atoms with Gasteiger partial charge in [-0.2, -0.15) is 0 Å². The Hall–Kier alpha value is -1.01. The molecule has 0 aliphatic carbocycles. The molecule has 2 heterocycles. The summed E-state index contributed by atoms with van der Waals surface area (Å²) in [5.74, 6) is 2.47. The number of anilines is 1. The number of rotatable bonds is 5. The summed E-state index contributed by atoms with van der Waals surface area (Å²) in [6.45, 7) is 12.7. The van der Waals surface area contributed by atoms with Gasteiger partial charge in [0.1, 0.15) is 11.6 Å². The van der Waals surface area contributed by atoms with Crippen LogP contribution in [0.3, 0.4) is 0 Å². The first kappa shape index (κ1) is 19.3. The van der Waals surface area contributed by atoms with E-state index >= 15 is 0 Å². The standard InChI is InChI=1S/C18H31N3O2S/c1-7-18(8-2)13-21(9-10-24(18)22)15-11-14(12-23-6)19-16(20-15)17(3,4)5/h11H,7-10,12-13H2,1-6H3. The summed E-state index contributed by atoms with van der Waals surface area (Å²) in [7, 11) is 0.910. The topological polar surface area (TPSA) is 55.3 Å². The number of ether oxygens (including phenoxy) is 1. The van der Waals surface area contributed by atoms with Crippen LogP contribution in [0.25, 0.3) is 0 Å². The van der Waals surface area contributed by atoms with E-state index in [0.29, 0.717) is 12.4 Å². The Labute approximate surface area is 148 Å². The van der Waals surface area contributed by atoms with E-state index in [1.807, 2.05) is 6.07 Å². The van der Waals surface area contributed by atoms with Crippen LogP contribution >= 0.6 is 0 Å². The van der Waals surface area contributed by atoms with Crippen molar-refractivity contribution in [3.8, 4) is 0 Å². The van der Waals surface area contributed by atoms with Gasteiger partial charge in [-0.25, -0.2) is 9.97 Å². The van der Waals surface area contributed by atoms with Gasteiger partial charge in [0, 0.05) is 48.2 Å². The van der Waals surface area contributed by atoms with E-state index in [9.17, 15) is 4.21 Å². The van der Waals surface area contributed by atoms with Crippen LogP contribution < -0.4 is 4.90 Å². The molecule has 0 N–H and O–H groups in total. The SMILES string of the molecule is CCC1(CC)CN(c2cc(COC)nc(C(C)(C)C)n2)CCS1=O. The van der Waals surface area contributed by atoms with Crippen LogP contribution in [-0.4, -0.2) is 44.9 Å². The Kier molecular flexibility index (Phi) is 6.02. The van der Waals surface area contributed by atoms with E-state index < -0.39 is 10.8 Å². The van der Waals surface area contributed by atoms with Crippen molar-refractivity contribution in [1.82, 2.24) is 9.97 Å². The van der Waals surface area contributed by atoms with Crippen molar-refractivity contribution < 1.29 is 8.95 Å². The van der Waals surface area contributed by atoms with Gasteiger partial charge in [-0.05, 0) is 12.8 Å². The highest BCUT2D eigenvalue weighted by molar-refractivity contribution is 7.86. The lowest BCUT2D eigenvalue weighted by atomic mass is 9.95. The summed E-state index contributed by atoms with van der Waals surface area (Å²) >= 11 is 0. The van der Waals surface area contributed by atoms with Gasteiger partial charge in [-0.3, -0.25) is 4.21 Å². The van der Waals surface area contributed by atoms with Crippen LogP contribution in [0.2, 0.25) is 0 Å². The summed E-state index contributed by atoms with van der Waals surface area (Å²) in [5.41, 5.74) is 0.779. The second-order valence-electron chi connectivity index (χ2n) is 7.59. The molecule has 1 aromatic rings. The summed E-state index contributed by atoms with van der Waals surface area (Å²) in [6, 6.07) is 2.02. The zero-order valence-corrected chi connectivity index (χ0v) is 16.7. The van der Waals surface area contributed by atoms with Gasteiger partial charge in [0.15, 0.2) is 0 Å². The van der Waals surface area contributed by atoms with Gasteiger partial charge < -0.3 is 9.64 Å². The van der Waals surface area contributed by atoms with Crippen molar-refractivity contribution in [3.63, 3.8) is 0 Å². The maximum atomic E-state index is 12.6. The van der Waals surface area contributed by atoms with Crippen LogP contribution in [0.5, 0.6) is 0 Å². The molecule has 0 aromatic carbocycles. The molecule has 6 heteroatoms. The lowest BCUT2D eigenvalue weighted by molar-refractivity contribution is 0.181. The van der Waals surface area contributed by atoms with Crippen molar-refractivity contribution in [2.24, 2.45) is 0 Å². The molecule has 2 rings (SSSR count). The Balaban J connectivity index is 2.40. The monoisotopic (exact) mass is 353 g/mol. The van der Waals surface area contributed by atoms with Gasteiger partial charge in [0.2, 0.25) is 0 Å². The minimum Gasteiger partial charge on any atom is -0.378 e. The highest BCUT2D eigenvalue weighted by Crippen LogP contribution is 2.31. The summed E-state index contributed by atoms with van der Waals surface area (Å²) in [4.78, 5) is 11.8. The number of hydrogen-bond donors (Lipinski definition) is 0. The maximum absolute atomic E-state index is 12.6. The fourth-order valence-corrected chi connectivity index (χ4v) is 4.86. The van der Waals surface area contributed by atoms with Crippen molar-refractivity contribution >= 4 is 16.6 Å². The molecule has 5 nitrogen and oxygen atoms in total. The number of aromatic nitrogens is 2. The van der Waals surface area contributed by atoms with E-state index in [1.165, 1.54) is 0 Å². The highest BCUT2D eigenvalue weighted by atomic mass is 32.2. The zero-order valence-electron chi connectivity index (χ0n) is 15.9. The Morgan fingerprint density at radius 3 is 2.50 bits per heavy atom. The van der Waals surface area contributed by atoms with E-state index in [2.05, 4.69) is 44.5 Å². The summed E-state index contributed by atoms with van der Waals surface area (Å²) in [6.07, 6.45) is 1.85. The fraction of sp³-hybridized carbons (Fsp3) is 0.778. The Morgan fingerprint density at radius 2 is 1.96 bits per heavy atom. The molecule has 0 spiro atoms. The molecule has 136 valence electrons.